The van der Waals surface area contributed by atoms with Crippen LogP contribution in [0.2, 0.25) is 0 Å². The molecular weight excluding hydrogens is 366 g/mol. The third-order valence-electron chi connectivity index (χ3n) is 4.71. The first-order valence-corrected chi connectivity index (χ1v) is 11.5. The smallest absolute Gasteiger partial charge is 0.306 e. The molecule has 0 bridgehead atoms. The van der Waals surface area contributed by atoms with Crippen molar-refractivity contribution in [1.29, 1.82) is 0 Å². The van der Waals surface area contributed by atoms with E-state index in [1.807, 2.05) is 31.4 Å². The molecule has 3 nitrogen and oxygen atoms in total. The highest BCUT2D eigenvalue weighted by molar-refractivity contribution is 7.09. The second-order valence-corrected chi connectivity index (χ2v) is 8.40. The van der Waals surface area contributed by atoms with Crippen molar-refractivity contribution in [2.75, 3.05) is 0 Å². The van der Waals surface area contributed by atoms with Crippen LogP contribution < -0.4 is 0 Å². The Morgan fingerprint density at radius 3 is 2.32 bits per heavy atom. The van der Waals surface area contributed by atoms with Gasteiger partial charge in [-0.3, -0.25) is 4.79 Å². The Balaban J connectivity index is 2.24. The van der Waals surface area contributed by atoms with Gasteiger partial charge in [-0.25, -0.2) is 4.98 Å². The number of hydrogen-bond donors (Lipinski definition) is 0. The summed E-state index contributed by atoms with van der Waals surface area (Å²) in [6.07, 6.45) is 17.4. The van der Waals surface area contributed by atoms with E-state index in [2.05, 4.69) is 18.1 Å². The summed E-state index contributed by atoms with van der Waals surface area (Å²) in [5, 5.41) is 3.05. The summed E-state index contributed by atoms with van der Waals surface area (Å²) in [6.45, 7) is 11.5. The fraction of sp³-hybridized carbons (Fsp3) is 0.583. The van der Waals surface area contributed by atoms with Gasteiger partial charge in [0.05, 0.1) is 10.7 Å². The molecule has 0 unspecified atom stereocenters. The van der Waals surface area contributed by atoms with E-state index in [0.29, 0.717) is 12.8 Å². The first kappa shape index (κ1) is 24.4. The fourth-order valence-electron chi connectivity index (χ4n) is 3.09. The topological polar surface area (TPSA) is 39.2 Å². The summed E-state index contributed by atoms with van der Waals surface area (Å²) in [5.41, 5.74) is 1.93. The molecule has 156 valence electrons. The van der Waals surface area contributed by atoms with Gasteiger partial charge in [-0.1, -0.05) is 50.7 Å². The lowest BCUT2D eigenvalue weighted by molar-refractivity contribution is -0.147. The molecule has 1 aromatic heterocycles. The van der Waals surface area contributed by atoms with E-state index >= 15 is 0 Å². The number of allylic oxidation sites excluding steroid dienone is 1. The van der Waals surface area contributed by atoms with Gasteiger partial charge in [0.1, 0.15) is 6.10 Å². The maximum absolute atomic E-state index is 12.2. The molecular formula is C24H37NO2S. The predicted octanol–water partition coefficient (Wildman–Crippen LogP) is 7.43. The van der Waals surface area contributed by atoms with Gasteiger partial charge >= 0.3 is 5.97 Å². The van der Waals surface area contributed by atoms with Crippen molar-refractivity contribution in [3.05, 3.63) is 47.0 Å². The zero-order valence-electron chi connectivity index (χ0n) is 17.8. The molecule has 1 heterocycles. The van der Waals surface area contributed by atoms with Crippen LogP contribution in [0.25, 0.3) is 6.08 Å². The van der Waals surface area contributed by atoms with E-state index in [1.165, 1.54) is 38.5 Å². The number of rotatable bonds is 16. The molecule has 0 fully saturated rings. The van der Waals surface area contributed by atoms with Crippen molar-refractivity contribution in [1.82, 2.24) is 4.98 Å². The molecule has 0 aromatic carbocycles. The molecule has 0 saturated heterocycles. The van der Waals surface area contributed by atoms with E-state index in [1.54, 1.807) is 17.4 Å². The number of hydrogen-bond acceptors (Lipinski definition) is 4. The summed E-state index contributed by atoms with van der Waals surface area (Å²) in [4.78, 5) is 16.7. The van der Waals surface area contributed by atoms with E-state index in [0.717, 1.165) is 35.5 Å². The molecule has 0 aliphatic rings. The number of carbonyl (C=O) groups excluding carboxylic acids is 1. The maximum Gasteiger partial charge on any atom is 0.306 e. The summed E-state index contributed by atoms with van der Waals surface area (Å²) in [7, 11) is 0. The maximum atomic E-state index is 12.2. The van der Waals surface area contributed by atoms with Crippen molar-refractivity contribution in [2.24, 2.45) is 0 Å². The Morgan fingerprint density at radius 2 is 1.75 bits per heavy atom. The van der Waals surface area contributed by atoms with E-state index in [4.69, 9.17) is 4.74 Å². The second kappa shape index (κ2) is 15.3. The second-order valence-electron chi connectivity index (χ2n) is 7.34. The zero-order valence-corrected chi connectivity index (χ0v) is 18.6. The van der Waals surface area contributed by atoms with Gasteiger partial charge in [-0.05, 0) is 44.8 Å². The molecule has 0 aliphatic heterocycles. The largest absolute Gasteiger partial charge is 0.457 e. The zero-order chi connectivity index (χ0) is 20.6. The standard InChI is InChI=1S/C24H37NO2S/c1-5-7-8-9-10-11-12-13-14-15-17-24(26)27-23(16-6-2)20(3)18-22-19-28-21(4)25-22/h5-6,18-19,23H,1-2,7-17H2,3-4H3/b20-18+/t23-/m0/s1. The highest BCUT2D eigenvalue weighted by Gasteiger charge is 2.15. The lowest BCUT2D eigenvalue weighted by atomic mass is 10.1. The van der Waals surface area contributed by atoms with E-state index in [-0.39, 0.29) is 12.1 Å². The minimum absolute atomic E-state index is 0.113. The van der Waals surface area contributed by atoms with Gasteiger partial charge in [-0.2, -0.15) is 0 Å². The number of thiazole rings is 1. The lowest BCUT2D eigenvalue weighted by Crippen LogP contribution is -2.18. The third kappa shape index (κ3) is 11.2. The Morgan fingerprint density at radius 1 is 1.11 bits per heavy atom. The summed E-state index contributed by atoms with van der Waals surface area (Å²) < 4.78 is 5.70. The SMILES string of the molecule is C=CCCCCCCCCCCC(=O)O[C@@H](CC=C)/C(C)=C/c1csc(C)n1. The molecule has 0 amide bonds. The van der Waals surface area contributed by atoms with Gasteiger partial charge in [-0.15, -0.1) is 24.5 Å². The molecule has 28 heavy (non-hydrogen) atoms. The molecule has 0 aliphatic carbocycles. The van der Waals surface area contributed by atoms with Crippen LogP contribution in [0.1, 0.15) is 88.3 Å². The van der Waals surface area contributed by atoms with Crippen LogP contribution in [0.3, 0.4) is 0 Å². The van der Waals surface area contributed by atoms with Gasteiger partial charge < -0.3 is 4.74 Å². The van der Waals surface area contributed by atoms with Crippen LogP contribution in [-0.2, 0) is 9.53 Å². The van der Waals surface area contributed by atoms with Crippen molar-refractivity contribution in [3.63, 3.8) is 0 Å². The highest BCUT2D eigenvalue weighted by Crippen LogP contribution is 2.18. The number of aryl methyl sites for hydroxylation is 1. The van der Waals surface area contributed by atoms with Crippen molar-refractivity contribution in [2.45, 2.75) is 90.6 Å². The van der Waals surface area contributed by atoms with Gasteiger partial charge in [0, 0.05) is 18.2 Å². The van der Waals surface area contributed by atoms with Crippen molar-refractivity contribution < 1.29 is 9.53 Å². The van der Waals surface area contributed by atoms with Crippen molar-refractivity contribution >= 4 is 23.4 Å². The van der Waals surface area contributed by atoms with Crippen LogP contribution in [0.4, 0.5) is 0 Å². The average molecular weight is 404 g/mol. The molecule has 1 rings (SSSR count). The van der Waals surface area contributed by atoms with E-state index in [9.17, 15) is 4.79 Å². The van der Waals surface area contributed by atoms with Crippen LogP contribution >= 0.6 is 11.3 Å². The van der Waals surface area contributed by atoms with Gasteiger partial charge in [0.25, 0.3) is 0 Å². The molecule has 0 saturated carbocycles. The number of carbonyl (C=O) groups is 1. The highest BCUT2D eigenvalue weighted by atomic mass is 32.1. The number of nitrogens with zero attached hydrogens (tertiary/aromatic N) is 1. The van der Waals surface area contributed by atoms with Gasteiger partial charge in [0.2, 0.25) is 0 Å². The number of unbranched alkanes of at least 4 members (excludes halogenated alkanes) is 8. The van der Waals surface area contributed by atoms with Crippen LogP contribution in [-0.4, -0.2) is 17.1 Å². The summed E-state index contributed by atoms with van der Waals surface area (Å²) >= 11 is 1.62. The van der Waals surface area contributed by atoms with Crippen LogP contribution in [0.5, 0.6) is 0 Å². The predicted molar refractivity (Wildman–Crippen MR) is 122 cm³/mol. The molecule has 0 spiro atoms. The minimum atomic E-state index is -0.248. The van der Waals surface area contributed by atoms with Crippen LogP contribution in [0, 0.1) is 6.92 Å². The number of ether oxygens (including phenoxy) is 1. The first-order chi connectivity index (χ1) is 13.6. The summed E-state index contributed by atoms with van der Waals surface area (Å²) in [6, 6.07) is 0. The number of aromatic nitrogens is 1. The minimum Gasteiger partial charge on any atom is -0.457 e. The lowest BCUT2D eigenvalue weighted by Gasteiger charge is -2.17. The monoisotopic (exact) mass is 403 g/mol. The Bertz CT molecular complexity index is 618. The Kier molecular flexibility index (Phi) is 13.3. The molecule has 1 aromatic rings. The molecule has 1 atom stereocenters. The average Bonchev–Trinajstić information content (AvgIpc) is 3.07. The number of esters is 1. The fourth-order valence-corrected chi connectivity index (χ4v) is 3.66. The van der Waals surface area contributed by atoms with Gasteiger partial charge in [0.15, 0.2) is 0 Å². The first-order valence-electron chi connectivity index (χ1n) is 10.6. The normalized spacial score (nSPS) is 12.6. The quantitative estimate of drug-likeness (QED) is 0.164. The van der Waals surface area contributed by atoms with E-state index < -0.39 is 0 Å². The third-order valence-corrected chi connectivity index (χ3v) is 5.51. The molecule has 0 N–H and O–H groups in total. The summed E-state index contributed by atoms with van der Waals surface area (Å²) in [5.74, 6) is -0.113. The molecule has 0 radical (unpaired) electrons. The molecule has 4 heteroatoms. The Labute approximate surface area is 175 Å². The van der Waals surface area contributed by atoms with Crippen LogP contribution in [0.15, 0.2) is 36.3 Å². The Hall–Kier alpha value is -1.68. The van der Waals surface area contributed by atoms with Crippen molar-refractivity contribution in [3.8, 4) is 0 Å².